The van der Waals surface area contributed by atoms with Crippen LogP contribution in [-0.4, -0.2) is 42.1 Å². The molecule has 1 aliphatic carbocycles. The summed E-state index contributed by atoms with van der Waals surface area (Å²) in [5.74, 6) is 0.890. The van der Waals surface area contributed by atoms with Crippen LogP contribution in [0, 0.1) is 5.92 Å². The van der Waals surface area contributed by atoms with Crippen molar-refractivity contribution in [2.45, 2.75) is 18.4 Å². The van der Waals surface area contributed by atoms with E-state index >= 15 is 0 Å². The number of benzene rings is 2. The molecule has 3 aliphatic rings. The number of morpholine rings is 1. The molecule has 0 bridgehead atoms. The molecule has 0 spiro atoms. The number of anilines is 1. The van der Waals surface area contributed by atoms with Crippen LogP contribution in [-0.2, 0) is 4.74 Å². The van der Waals surface area contributed by atoms with E-state index in [4.69, 9.17) is 4.74 Å². The van der Waals surface area contributed by atoms with Gasteiger partial charge in [-0.1, -0.05) is 30.4 Å². The average Bonchev–Trinajstić information content (AvgIpc) is 3.46. The SMILES string of the molecule is O=C(c1ccc2c(c1)C1C=CCC1C(c1c[nH]c3ccccc13)N2)N1CCOCC1. The molecule has 2 aliphatic heterocycles. The van der Waals surface area contributed by atoms with Crippen molar-refractivity contribution in [1.29, 1.82) is 0 Å². The van der Waals surface area contributed by atoms with E-state index in [1.54, 1.807) is 0 Å². The molecule has 3 heterocycles. The summed E-state index contributed by atoms with van der Waals surface area (Å²) in [6.07, 6.45) is 7.82. The first kappa shape index (κ1) is 17.8. The summed E-state index contributed by atoms with van der Waals surface area (Å²) >= 11 is 0. The highest BCUT2D eigenvalue weighted by Crippen LogP contribution is 2.50. The van der Waals surface area contributed by atoms with E-state index in [2.05, 4.69) is 65.0 Å². The second kappa shape index (κ2) is 7.03. The second-order valence-corrected chi connectivity index (χ2v) is 8.47. The minimum Gasteiger partial charge on any atom is -0.378 e. The predicted molar refractivity (Wildman–Crippen MR) is 118 cm³/mol. The van der Waals surface area contributed by atoms with Gasteiger partial charge in [0.1, 0.15) is 0 Å². The van der Waals surface area contributed by atoms with E-state index in [0.717, 1.165) is 17.7 Å². The van der Waals surface area contributed by atoms with E-state index in [9.17, 15) is 4.79 Å². The van der Waals surface area contributed by atoms with Gasteiger partial charge in [0.25, 0.3) is 5.91 Å². The van der Waals surface area contributed by atoms with Crippen molar-refractivity contribution >= 4 is 22.5 Å². The first-order valence-corrected chi connectivity index (χ1v) is 10.8. The predicted octanol–water partition coefficient (Wildman–Crippen LogP) is 4.47. The van der Waals surface area contributed by atoms with E-state index in [-0.39, 0.29) is 11.9 Å². The summed E-state index contributed by atoms with van der Waals surface area (Å²) in [7, 11) is 0. The summed E-state index contributed by atoms with van der Waals surface area (Å²) in [6, 6.07) is 14.9. The molecule has 152 valence electrons. The highest BCUT2D eigenvalue weighted by Gasteiger charge is 2.39. The van der Waals surface area contributed by atoms with Gasteiger partial charge in [-0.15, -0.1) is 0 Å². The molecular weight excluding hydrogens is 374 g/mol. The quantitative estimate of drug-likeness (QED) is 0.625. The molecule has 30 heavy (non-hydrogen) atoms. The Morgan fingerprint density at radius 1 is 1.07 bits per heavy atom. The normalized spacial score (nSPS) is 25.1. The lowest BCUT2D eigenvalue weighted by atomic mass is 9.76. The number of amides is 1. The van der Waals surface area contributed by atoms with Crippen LogP contribution in [0.5, 0.6) is 0 Å². The Bertz CT molecular complexity index is 1140. The summed E-state index contributed by atoms with van der Waals surface area (Å²) in [4.78, 5) is 18.3. The zero-order chi connectivity index (χ0) is 20.1. The van der Waals surface area contributed by atoms with Crippen LogP contribution in [0.25, 0.3) is 10.9 Å². The van der Waals surface area contributed by atoms with Gasteiger partial charge < -0.3 is 19.9 Å². The van der Waals surface area contributed by atoms with Crippen molar-refractivity contribution in [3.8, 4) is 0 Å². The van der Waals surface area contributed by atoms with Crippen LogP contribution in [0.2, 0.25) is 0 Å². The van der Waals surface area contributed by atoms with Crippen molar-refractivity contribution in [2.24, 2.45) is 5.92 Å². The molecule has 1 aromatic heterocycles. The van der Waals surface area contributed by atoms with Crippen molar-refractivity contribution in [1.82, 2.24) is 9.88 Å². The van der Waals surface area contributed by atoms with Crippen LogP contribution >= 0.6 is 0 Å². The first-order valence-electron chi connectivity index (χ1n) is 10.8. The molecule has 5 nitrogen and oxygen atoms in total. The van der Waals surface area contributed by atoms with Gasteiger partial charge in [0, 0.05) is 47.4 Å². The number of nitrogens with zero attached hydrogens (tertiary/aromatic N) is 1. The van der Waals surface area contributed by atoms with Crippen molar-refractivity contribution in [3.63, 3.8) is 0 Å². The molecule has 1 saturated heterocycles. The monoisotopic (exact) mass is 399 g/mol. The van der Waals surface area contributed by atoms with Gasteiger partial charge in [-0.3, -0.25) is 4.79 Å². The fourth-order valence-corrected chi connectivity index (χ4v) is 5.34. The number of hydrogen-bond acceptors (Lipinski definition) is 3. The lowest BCUT2D eigenvalue weighted by Crippen LogP contribution is -2.40. The maximum Gasteiger partial charge on any atom is 0.254 e. The van der Waals surface area contributed by atoms with Crippen LogP contribution in [0.1, 0.15) is 39.9 Å². The Labute approximate surface area is 175 Å². The van der Waals surface area contributed by atoms with Crippen LogP contribution in [0.4, 0.5) is 5.69 Å². The number of fused-ring (bicyclic) bond motifs is 4. The van der Waals surface area contributed by atoms with Gasteiger partial charge in [0.05, 0.1) is 19.3 Å². The van der Waals surface area contributed by atoms with Gasteiger partial charge in [0.15, 0.2) is 0 Å². The molecule has 0 radical (unpaired) electrons. The number of H-pyrrole nitrogens is 1. The molecule has 1 amide bonds. The Hall–Kier alpha value is -3.05. The largest absolute Gasteiger partial charge is 0.378 e. The average molecular weight is 399 g/mol. The second-order valence-electron chi connectivity index (χ2n) is 8.47. The Morgan fingerprint density at radius 2 is 1.93 bits per heavy atom. The third-order valence-electron chi connectivity index (χ3n) is 6.86. The third kappa shape index (κ3) is 2.76. The zero-order valence-electron chi connectivity index (χ0n) is 16.8. The lowest BCUT2D eigenvalue weighted by molar-refractivity contribution is 0.0303. The lowest BCUT2D eigenvalue weighted by Gasteiger charge is -2.37. The first-order chi connectivity index (χ1) is 14.8. The van der Waals surface area contributed by atoms with Crippen molar-refractivity contribution in [3.05, 3.63) is 77.5 Å². The summed E-state index contributed by atoms with van der Waals surface area (Å²) in [6.45, 7) is 2.58. The van der Waals surface area contributed by atoms with E-state index < -0.39 is 0 Å². The van der Waals surface area contributed by atoms with Gasteiger partial charge >= 0.3 is 0 Å². The number of carbonyl (C=O) groups excluding carboxylic acids is 1. The highest BCUT2D eigenvalue weighted by molar-refractivity contribution is 5.95. The number of aromatic nitrogens is 1. The highest BCUT2D eigenvalue weighted by atomic mass is 16.5. The molecule has 6 rings (SSSR count). The number of nitrogens with one attached hydrogen (secondary N) is 2. The molecular formula is C25H25N3O2. The van der Waals surface area contributed by atoms with Gasteiger partial charge in [-0.25, -0.2) is 0 Å². The Kier molecular flexibility index (Phi) is 4.16. The van der Waals surface area contributed by atoms with Crippen LogP contribution in [0.3, 0.4) is 0 Å². The number of hydrogen-bond donors (Lipinski definition) is 2. The standard InChI is InChI=1S/C25H25N3O2/c29-25(28-10-12-30-13-11-28)16-8-9-23-20(14-16)17-5-3-6-19(17)24(27-23)21-15-26-22-7-2-1-4-18(21)22/h1-5,7-9,14-15,17,19,24,26-27H,6,10-13H2. The zero-order valence-corrected chi connectivity index (χ0v) is 16.8. The number of rotatable bonds is 2. The summed E-state index contributed by atoms with van der Waals surface area (Å²) < 4.78 is 5.40. The van der Waals surface area contributed by atoms with Gasteiger partial charge in [0.2, 0.25) is 0 Å². The molecule has 2 N–H and O–H groups in total. The van der Waals surface area contributed by atoms with Gasteiger partial charge in [-0.05, 0) is 47.7 Å². The molecule has 0 saturated carbocycles. The number of para-hydroxylation sites is 1. The van der Waals surface area contributed by atoms with E-state index in [0.29, 0.717) is 38.1 Å². The fourth-order valence-electron chi connectivity index (χ4n) is 5.34. The van der Waals surface area contributed by atoms with Crippen LogP contribution in [0.15, 0.2) is 60.8 Å². The van der Waals surface area contributed by atoms with Crippen LogP contribution < -0.4 is 5.32 Å². The minimum absolute atomic E-state index is 0.110. The minimum atomic E-state index is 0.110. The fraction of sp³-hybridized carbons (Fsp3) is 0.320. The molecule has 3 unspecified atom stereocenters. The third-order valence-corrected chi connectivity index (χ3v) is 6.86. The van der Waals surface area contributed by atoms with Crippen molar-refractivity contribution in [2.75, 3.05) is 31.6 Å². The maximum absolute atomic E-state index is 13.0. The number of carbonyl (C=O) groups is 1. The van der Waals surface area contributed by atoms with Crippen molar-refractivity contribution < 1.29 is 9.53 Å². The number of aromatic amines is 1. The molecule has 2 aromatic carbocycles. The number of allylic oxidation sites excluding steroid dienone is 2. The number of ether oxygens (including phenoxy) is 1. The maximum atomic E-state index is 13.0. The summed E-state index contributed by atoms with van der Waals surface area (Å²) in [5, 5.41) is 5.08. The van der Waals surface area contributed by atoms with Gasteiger partial charge in [-0.2, -0.15) is 0 Å². The topological polar surface area (TPSA) is 57.4 Å². The molecule has 5 heteroatoms. The van der Waals surface area contributed by atoms with E-state index in [1.807, 2.05) is 11.0 Å². The van der Waals surface area contributed by atoms with E-state index in [1.165, 1.54) is 22.0 Å². The molecule has 3 atom stereocenters. The Morgan fingerprint density at radius 3 is 2.83 bits per heavy atom. The Balaban J connectivity index is 1.36. The smallest absolute Gasteiger partial charge is 0.254 e. The molecule has 3 aromatic rings. The molecule has 1 fully saturated rings. The summed E-state index contributed by atoms with van der Waals surface area (Å²) in [5.41, 5.74) is 5.65.